The minimum atomic E-state index is -1.63. The summed E-state index contributed by atoms with van der Waals surface area (Å²) in [5.74, 6) is -1.22. The zero-order valence-electron chi connectivity index (χ0n) is 17.7. The number of carbonyl (C=O) groups excluding carboxylic acids is 3. The first kappa shape index (κ1) is 20.1. The van der Waals surface area contributed by atoms with Crippen LogP contribution in [-0.2, 0) is 24.5 Å². The Bertz CT molecular complexity index is 1210. The maximum atomic E-state index is 13.7. The fraction of sp³-hybridized carbons (Fsp3) is 0.240. The largest absolute Gasteiger partial charge is 0.462 e. The van der Waals surface area contributed by atoms with E-state index >= 15 is 0 Å². The van der Waals surface area contributed by atoms with E-state index in [0.717, 1.165) is 5.69 Å². The van der Waals surface area contributed by atoms with E-state index in [9.17, 15) is 14.4 Å². The van der Waals surface area contributed by atoms with E-state index in [1.54, 1.807) is 36.1 Å². The lowest BCUT2D eigenvalue weighted by Crippen LogP contribution is -2.53. The van der Waals surface area contributed by atoms with Crippen LogP contribution in [0.4, 0.5) is 11.4 Å². The average molecular weight is 429 g/mol. The van der Waals surface area contributed by atoms with Crippen LogP contribution >= 0.6 is 0 Å². The smallest absolute Gasteiger partial charge is 0.339 e. The van der Waals surface area contributed by atoms with E-state index in [4.69, 9.17) is 10.5 Å². The summed E-state index contributed by atoms with van der Waals surface area (Å²) >= 11 is 0. The number of allylic oxidation sites excluding steroid dienone is 1. The summed E-state index contributed by atoms with van der Waals surface area (Å²) in [6.45, 7) is 1.80. The van der Waals surface area contributed by atoms with Gasteiger partial charge in [0.25, 0.3) is 0 Å². The molecule has 1 aliphatic carbocycles. The minimum Gasteiger partial charge on any atom is -0.462 e. The molecule has 3 N–H and O–H groups in total. The second-order valence-corrected chi connectivity index (χ2v) is 8.00. The van der Waals surface area contributed by atoms with E-state index < -0.39 is 17.3 Å². The number of nitrogens with two attached hydrogens (primary N) is 1. The van der Waals surface area contributed by atoms with Crippen LogP contribution < -0.4 is 16.0 Å². The third-order valence-electron chi connectivity index (χ3n) is 6.32. The van der Waals surface area contributed by atoms with Crippen molar-refractivity contribution in [2.45, 2.75) is 31.6 Å². The summed E-state index contributed by atoms with van der Waals surface area (Å²) in [6.07, 6.45) is 1.50. The molecular formula is C25H23N3O4. The van der Waals surface area contributed by atoms with E-state index in [2.05, 4.69) is 5.32 Å². The fourth-order valence-corrected chi connectivity index (χ4v) is 5.14. The van der Waals surface area contributed by atoms with Gasteiger partial charge in [0, 0.05) is 34.6 Å². The van der Waals surface area contributed by atoms with Gasteiger partial charge in [-0.2, -0.15) is 0 Å². The third kappa shape index (κ3) is 2.57. The van der Waals surface area contributed by atoms with Crippen LogP contribution in [0, 0.1) is 0 Å². The summed E-state index contributed by atoms with van der Waals surface area (Å²) in [5, 5.41) is 2.87. The molecule has 3 aliphatic rings. The van der Waals surface area contributed by atoms with Crippen LogP contribution in [-0.4, -0.2) is 24.3 Å². The first-order valence-electron chi connectivity index (χ1n) is 10.7. The van der Waals surface area contributed by atoms with Gasteiger partial charge in [0.05, 0.1) is 6.61 Å². The molecule has 0 saturated heterocycles. The van der Waals surface area contributed by atoms with Crippen LogP contribution in [0.5, 0.6) is 0 Å². The van der Waals surface area contributed by atoms with Crippen molar-refractivity contribution in [2.24, 2.45) is 5.73 Å². The molecule has 7 heteroatoms. The molecule has 0 bridgehead atoms. The number of carbonyl (C=O) groups is 3. The molecule has 2 heterocycles. The van der Waals surface area contributed by atoms with Gasteiger partial charge in [0.15, 0.2) is 5.78 Å². The molecule has 2 aromatic rings. The Morgan fingerprint density at radius 3 is 2.56 bits per heavy atom. The molecule has 0 fully saturated rings. The van der Waals surface area contributed by atoms with E-state index in [0.29, 0.717) is 41.8 Å². The Morgan fingerprint density at radius 1 is 1.09 bits per heavy atom. The Balaban J connectivity index is 1.90. The number of hydrogen-bond donors (Lipinski definition) is 2. The van der Waals surface area contributed by atoms with Crippen molar-refractivity contribution in [2.75, 3.05) is 16.8 Å². The normalized spacial score (nSPS) is 22.1. The molecule has 2 aromatic carbocycles. The molecule has 2 aliphatic heterocycles. The van der Waals surface area contributed by atoms with Gasteiger partial charge in [-0.15, -0.1) is 0 Å². The highest BCUT2D eigenvalue weighted by atomic mass is 16.5. The number of rotatable bonds is 3. The van der Waals surface area contributed by atoms with Crippen LogP contribution in [0.15, 0.2) is 77.3 Å². The molecule has 5 rings (SSSR count). The number of ether oxygens (including phenoxy) is 1. The molecule has 1 atom stereocenters. The number of fused-ring (bicyclic) bond motifs is 3. The highest BCUT2D eigenvalue weighted by Crippen LogP contribution is 2.55. The number of amides is 1. The van der Waals surface area contributed by atoms with E-state index in [1.807, 2.05) is 30.3 Å². The number of hydrogen-bond acceptors (Lipinski definition) is 6. The van der Waals surface area contributed by atoms with Gasteiger partial charge in [-0.3, -0.25) is 14.5 Å². The zero-order valence-corrected chi connectivity index (χ0v) is 17.7. The van der Waals surface area contributed by atoms with Gasteiger partial charge < -0.3 is 15.8 Å². The maximum Gasteiger partial charge on any atom is 0.339 e. The lowest BCUT2D eigenvalue weighted by atomic mass is 9.63. The van der Waals surface area contributed by atoms with Gasteiger partial charge in [-0.25, -0.2) is 4.79 Å². The minimum absolute atomic E-state index is 0.0142. The SMILES string of the molecule is CCOC(=O)C1=C(N)N(c2ccccc2)C2=C(C(=O)CCC2)C12C(=O)Nc1ccccc12. The molecule has 1 unspecified atom stereocenters. The standard InChI is InChI=1S/C25H23N3O4/c1-2-32-23(30)21-22(26)28(15-9-4-3-5-10-15)18-13-8-14-19(29)20(18)25(21)16-11-6-7-12-17(16)27-24(25)31/h3-7,9-12H,2,8,13-14,26H2,1H3,(H,27,31). The number of nitrogens with zero attached hydrogens (tertiary/aromatic N) is 1. The van der Waals surface area contributed by atoms with E-state index in [-0.39, 0.29) is 23.8 Å². The lowest BCUT2D eigenvalue weighted by Gasteiger charge is -2.44. The Morgan fingerprint density at radius 2 is 1.81 bits per heavy atom. The second-order valence-electron chi connectivity index (χ2n) is 8.00. The predicted molar refractivity (Wildman–Crippen MR) is 119 cm³/mol. The molecule has 32 heavy (non-hydrogen) atoms. The fourth-order valence-electron chi connectivity index (χ4n) is 5.14. The van der Waals surface area contributed by atoms with E-state index in [1.165, 1.54) is 0 Å². The molecule has 1 amide bonds. The highest BCUT2D eigenvalue weighted by molar-refractivity contribution is 6.23. The number of esters is 1. The predicted octanol–water partition coefficient (Wildman–Crippen LogP) is 3.14. The second kappa shape index (κ2) is 7.37. The maximum absolute atomic E-state index is 13.7. The summed E-state index contributed by atoms with van der Waals surface area (Å²) < 4.78 is 5.38. The molecular weight excluding hydrogens is 406 g/mol. The molecule has 1 spiro atoms. The summed E-state index contributed by atoms with van der Waals surface area (Å²) in [4.78, 5) is 42.3. The summed E-state index contributed by atoms with van der Waals surface area (Å²) in [5.41, 5.74) is 7.84. The van der Waals surface area contributed by atoms with Crippen LogP contribution in [0.1, 0.15) is 31.7 Å². The third-order valence-corrected chi connectivity index (χ3v) is 6.32. The van der Waals surface area contributed by atoms with Gasteiger partial charge in [-0.05, 0) is 38.0 Å². The van der Waals surface area contributed by atoms with Gasteiger partial charge in [-0.1, -0.05) is 36.4 Å². The van der Waals surface area contributed by atoms with Crippen molar-refractivity contribution < 1.29 is 19.1 Å². The average Bonchev–Trinajstić information content (AvgIpc) is 3.07. The van der Waals surface area contributed by atoms with Crippen molar-refractivity contribution in [3.63, 3.8) is 0 Å². The Hall–Kier alpha value is -3.87. The first-order chi connectivity index (χ1) is 15.5. The van der Waals surface area contributed by atoms with Crippen molar-refractivity contribution in [3.8, 4) is 0 Å². The molecule has 162 valence electrons. The quantitative estimate of drug-likeness (QED) is 0.727. The van der Waals surface area contributed by atoms with Crippen molar-refractivity contribution in [1.82, 2.24) is 0 Å². The Kier molecular flexibility index (Phi) is 4.62. The number of anilines is 2. The van der Waals surface area contributed by atoms with Gasteiger partial charge in [0.1, 0.15) is 16.8 Å². The highest BCUT2D eigenvalue weighted by Gasteiger charge is 2.61. The molecule has 0 aromatic heterocycles. The molecule has 7 nitrogen and oxygen atoms in total. The number of benzene rings is 2. The zero-order chi connectivity index (χ0) is 22.5. The number of nitrogens with one attached hydrogen (secondary N) is 1. The summed E-state index contributed by atoms with van der Waals surface area (Å²) in [6, 6.07) is 16.4. The molecule has 0 saturated carbocycles. The van der Waals surface area contributed by atoms with Crippen molar-refractivity contribution in [3.05, 3.63) is 82.8 Å². The lowest BCUT2D eigenvalue weighted by molar-refractivity contribution is -0.140. The van der Waals surface area contributed by atoms with Gasteiger partial charge >= 0.3 is 5.97 Å². The monoisotopic (exact) mass is 429 g/mol. The number of Topliss-reactive ketones (excluding diaryl/α,β-unsaturated/α-hetero) is 1. The van der Waals surface area contributed by atoms with Crippen molar-refractivity contribution >= 4 is 29.0 Å². The van der Waals surface area contributed by atoms with Crippen molar-refractivity contribution in [1.29, 1.82) is 0 Å². The van der Waals surface area contributed by atoms with Crippen LogP contribution in [0.3, 0.4) is 0 Å². The number of ketones is 1. The summed E-state index contributed by atoms with van der Waals surface area (Å²) in [7, 11) is 0. The number of para-hydroxylation sites is 2. The van der Waals surface area contributed by atoms with Crippen LogP contribution in [0.2, 0.25) is 0 Å². The first-order valence-corrected chi connectivity index (χ1v) is 10.7. The van der Waals surface area contributed by atoms with Crippen LogP contribution in [0.25, 0.3) is 0 Å². The topological polar surface area (TPSA) is 102 Å². The Labute approximate surface area is 185 Å². The molecule has 0 radical (unpaired) electrons. The van der Waals surface area contributed by atoms with Gasteiger partial charge in [0.2, 0.25) is 5.91 Å².